The number of nitrogens with two attached hydrogens (primary N) is 1. The molecule has 5 heteroatoms. The lowest BCUT2D eigenvalue weighted by molar-refractivity contribution is 0.523. The minimum atomic E-state index is 0.226. The molecule has 2 N–H and O–H groups in total. The number of imidazole rings is 1. The van der Waals surface area contributed by atoms with Gasteiger partial charge in [0.2, 0.25) is 5.95 Å². The molecule has 0 saturated carbocycles. The summed E-state index contributed by atoms with van der Waals surface area (Å²) in [6, 6.07) is 12.4. The molecule has 1 aromatic carbocycles. The highest BCUT2D eigenvalue weighted by Crippen LogP contribution is 2.25. The number of anilines is 1. The van der Waals surface area contributed by atoms with Gasteiger partial charge in [-0.25, -0.2) is 9.97 Å². The average Bonchev–Trinajstić information content (AvgIpc) is 2.81. The monoisotopic (exact) mass is 300 g/mol. The first-order chi connectivity index (χ1) is 10.1. The summed E-state index contributed by atoms with van der Waals surface area (Å²) in [5.41, 5.74) is 8.90. The minimum Gasteiger partial charge on any atom is -0.369 e. The molecule has 0 amide bonds. The van der Waals surface area contributed by atoms with Crippen LogP contribution in [0.2, 0.25) is 5.02 Å². The maximum atomic E-state index is 6.04. The van der Waals surface area contributed by atoms with Crippen molar-refractivity contribution in [3.8, 4) is 0 Å². The van der Waals surface area contributed by atoms with Crippen LogP contribution in [0.5, 0.6) is 0 Å². The third-order valence-electron chi connectivity index (χ3n) is 3.66. The quantitative estimate of drug-likeness (QED) is 0.796. The summed E-state index contributed by atoms with van der Waals surface area (Å²) in [4.78, 5) is 8.71. The minimum absolute atomic E-state index is 0.226. The SMILES string of the molecule is CC(CCc1ccccc1)n1c(N)nc2cc(Cl)cnc21. The second-order valence-electron chi connectivity index (χ2n) is 5.21. The fourth-order valence-corrected chi connectivity index (χ4v) is 2.71. The third-order valence-corrected chi connectivity index (χ3v) is 3.86. The number of rotatable bonds is 4. The summed E-state index contributed by atoms with van der Waals surface area (Å²) in [6.45, 7) is 2.14. The van der Waals surface area contributed by atoms with Crippen molar-refractivity contribution < 1.29 is 0 Å². The zero-order chi connectivity index (χ0) is 14.8. The molecular formula is C16H17ClN4. The Kier molecular flexibility index (Phi) is 3.80. The molecule has 0 bridgehead atoms. The Morgan fingerprint density at radius 2 is 2.05 bits per heavy atom. The van der Waals surface area contributed by atoms with Crippen molar-refractivity contribution in [1.82, 2.24) is 14.5 Å². The molecule has 0 aliphatic rings. The lowest BCUT2D eigenvalue weighted by Gasteiger charge is -2.15. The maximum Gasteiger partial charge on any atom is 0.202 e. The number of pyridine rings is 1. The normalized spacial score (nSPS) is 12.7. The third kappa shape index (κ3) is 2.85. The Labute approximate surface area is 128 Å². The van der Waals surface area contributed by atoms with Crippen LogP contribution < -0.4 is 5.73 Å². The number of hydrogen-bond donors (Lipinski definition) is 1. The van der Waals surface area contributed by atoms with Crippen molar-refractivity contribution in [2.24, 2.45) is 0 Å². The van der Waals surface area contributed by atoms with E-state index in [0.717, 1.165) is 24.0 Å². The zero-order valence-electron chi connectivity index (χ0n) is 11.8. The van der Waals surface area contributed by atoms with Crippen LogP contribution in [0, 0.1) is 0 Å². The van der Waals surface area contributed by atoms with E-state index in [0.29, 0.717) is 11.0 Å². The van der Waals surface area contributed by atoms with Crippen LogP contribution >= 0.6 is 11.6 Å². The molecule has 21 heavy (non-hydrogen) atoms. The van der Waals surface area contributed by atoms with E-state index >= 15 is 0 Å². The first-order valence-corrected chi connectivity index (χ1v) is 7.36. The summed E-state index contributed by atoms with van der Waals surface area (Å²) >= 11 is 5.95. The number of nitrogens with zero attached hydrogens (tertiary/aromatic N) is 3. The average molecular weight is 301 g/mol. The summed E-state index contributed by atoms with van der Waals surface area (Å²) in [5, 5.41) is 0.573. The Bertz CT molecular complexity index is 752. The fourth-order valence-electron chi connectivity index (χ4n) is 2.56. The van der Waals surface area contributed by atoms with E-state index in [1.807, 2.05) is 10.6 Å². The lowest BCUT2D eigenvalue weighted by atomic mass is 10.1. The van der Waals surface area contributed by atoms with Gasteiger partial charge >= 0.3 is 0 Å². The Morgan fingerprint density at radius 1 is 1.29 bits per heavy atom. The summed E-state index contributed by atoms with van der Waals surface area (Å²) in [7, 11) is 0. The van der Waals surface area contributed by atoms with Crippen molar-refractivity contribution >= 4 is 28.7 Å². The molecule has 4 nitrogen and oxygen atoms in total. The van der Waals surface area contributed by atoms with E-state index in [9.17, 15) is 0 Å². The molecule has 0 fully saturated rings. The largest absolute Gasteiger partial charge is 0.369 e. The van der Waals surface area contributed by atoms with Gasteiger partial charge in [0.05, 0.1) is 5.02 Å². The molecule has 108 valence electrons. The van der Waals surface area contributed by atoms with E-state index < -0.39 is 0 Å². The lowest BCUT2D eigenvalue weighted by Crippen LogP contribution is -2.10. The van der Waals surface area contributed by atoms with E-state index in [4.69, 9.17) is 17.3 Å². The number of aryl methyl sites for hydroxylation is 1. The van der Waals surface area contributed by atoms with E-state index in [1.165, 1.54) is 5.56 Å². The van der Waals surface area contributed by atoms with Crippen LogP contribution in [-0.4, -0.2) is 14.5 Å². The number of halogens is 1. The van der Waals surface area contributed by atoms with Crippen LogP contribution in [-0.2, 0) is 6.42 Å². The Morgan fingerprint density at radius 3 is 2.81 bits per heavy atom. The molecule has 0 aliphatic heterocycles. The number of benzene rings is 1. The molecule has 3 rings (SSSR count). The van der Waals surface area contributed by atoms with Gasteiger partial charge in [0, 0.05) is 12.2 Å². The van der Waals surface area contributed by atoms with Gasteiger partial charge in [0.1, 0.15) is 5.52 Å². The Hall–Kier alpha value is -2.07. The highest BCUT2D eigenvalue weighted by Gasteiger charge is 2.15. The van der Waals surface area contributed by atoms with Crippen molar-refractivity contribution in [2.75, 3.05) is 5.73 Å². The zero-order valence-corrected chi connectivity index (χ0v) is 12.6. The van der Waals surface area contributed by atoms with Crippen LogP contribution in [0.15, 0.2) is 42.6 Å². The summed E-state index contributed by atoms with van der Waals surface area (Å²) in [6.07, 6.45) is 3.60. The Balaban J connectivity index is 1.84. The van der Waals surface area contributed by atoms with Crippen molar-refractivity contribution in [2.45, 2.75) is 25.8 Å². The van der Waals surface area contributed by atoms with Gasteiger partial charge in [-0.2, -0.15) is 0 Å². The first kappa shape index (κ1) is 13.9. The second kappa shape index (κ2) is 5.74. The molecule has 1 atom stereocenters. The predicted octanol–water partition coefficient (Wildman–Crippen LogP) is 3.86. The molecule has 0 spiro atoms. The number of hydrogen-bond acceptors (Lipinski definition) is 3. The molecule has 0 saturated heterocycles. The number of aromatic nitrogens is 3. The van der Waals surface area contributed by atoms with Crippen LogP contribution in [0.1, 0.15) is 24.9 Å². The number of fused-ring (bicyclic) bond motifs is 1. The van der Waals surface area contributed by atoms with Gasteiger partial charge in [-0.3, -0.25) is 4.57 Å². The van der Waals surface area contributed by atoms with E-state index in [1.54, 1.807) is 12.3 Å². The van der Waals surface area contributed by atoms with Gasteiger partial charge in [0.15, 0.2) is 5.65 Å². The smallest absolute Gasteiger partial charge is 0.202 e. The van der Waals surface area contributed by atoms with Gasteiger partial charge < -0.3 is 5.73 Å². The van der Waals surface area contributed by atoms with Gasteiger partial charge in [0.25, 0.3) is 0 Å². The van der Waals surface area contributed by atoms with Crippen molar-refractivity contribution in [3.63, 3.8) is 0 Å². The second-order valence-corrected chi connectivity index (χ2v) is 5.65. The topological polar surface area (TPSA) is 56.7 Å². The highest BCUT2D eigenvalue weighted by molar-refractivity contribution is 6.31. The number of nitrogen functional groups attached to an aromatic ring is 1. The maximum absolute atomic E-state index is 6.04. The van der Waals surface area contributed by atoms with Crippen LogP contribution in [0.4, 0.5) is 5.95 Å². The molecule has 0 aliphatic carbocycles. The van der Waals surface area contributed by atoms with Gasteiger partial charge in [-0.05, 0) is 31.4 Å². The van der Waals surface area contributed by atoms with Crippen LogP contribution in [0.3, 0.4) is 0 Å². The van der Waals surface area contributed by atoms with Gasteiger partial charge in [-0.15, -0.1) is 0 Å². The predicted molar refractivity (Wildman–Crippen MR) is 86.4 cm³/mol. The summed E-state index contributed by atoms with van der Waals surface area (Å²) in [5.74, 6) is 0.486. The molecule has 1 unspecified atom stereocenters. The van der Waals surface area contributed by atoms with E-state index in [-0.39, 0.29) is 6.04 Å². The van der Waals surface area contributed by atoms with Crippen molar-refractivity contribution in [3.05, 3.63) is 53.2 Å². The highest BCUT2D eigenvalue weighted by atomic mass is 35.5. The molecule has 0 radical (unpaired) electrons. The standard InChI is InChI=1S/C16H17ClN4/c1-11(7-8-12-5-3-2-4-6-12)21-15-14(20-16(21)18)9-13(17)10-19-15/h2-6,9-11H,7-8H2,1H3,(H2,18,20). The van der Waals surface area contributed by atoms with Gasteiger partial charge in [-0.1, -0.05) is 41.9 Å². The first-order valence-electron chi connectivity index (χ1n) is 6.98. The van der Waals surface area contributed by atoms with Crippen LogP contribution in [0.25, 0.3) is 11.2 Å². The molecule has 2 heterocycles. The molecule has 3 aromatic rings. The fraction of sp³-hybridized carbons (Fsp3) is 0.250. The van der Waals surface area contributed by atoms with E-state index in [2.05, 4.69) is 41.2 Å². The molecule has 2 aromatic heterocycles. The van der Waals surface area contributed by atoms with Crippen molar-refractivity contribution in [1.29, 1.82) is 0 Å². The molecular weight excluding hydrogens is 284 g/mol. The summed E-state index contributed by atoms with van der Waals surface area (Å²) < 4.78 is 1.98.